The molecule has 5 unspecified atom stereocenters. The highest BCUT2D eigenvalue weighted by Gasteiger charge is 2.61. The minimum atomic E-state index is -4.18. The van der Waals surface area contributed by atoms with Gasteiger partial charge in [-0.1, -0.05) is 5.16 Å². The summed E-state index contributed by atoms with van der Waals surface area (Å²) in [6.45, 7) is 0.668. The maximum Gasteiger partial charge on any atom is 0.390 e. The first-order chi connectivity index (χ1) is 18.0. The van der Waals surface area contributed by atoms with Crippen LogP contribution >= 0.6 is 0 Å². The molecule has 12 heteroatoms. The molecule has 5 fully saturated rings. The van der Waals surface area contributed by atoms with Crippen LogP contribution in [0.15, 0.2) is 10.6 Å². The van der Waals surface area contributed by atoms with Crippen LogP contribution in [-0.4, -0.2) is 78.9 Å². The predicted molar refractivity (Wildman–Crippen MR) is 133 cm³/mol. The number of amides is 1. The molecular formula is C26H37F3N4O4S. The number of nitrogens with one attached hydrogen (secondary N) is 1. The maximum absolute atomic E-state index is 13.7. The Morgan fingerprint density at radius 2 is 1.82 bits per heavy atom. The van der Waals surface area contributed by atoms with Gasteiger partial charge in [-0.3, -0.25) is 4.79 Å². The molecule has 1 N–H and O–H groups in total. The molecule has 5 aliphatic rings. The smallest absolute Gasteiger partial charge is 0.360 e. The summed E-state index contributed by atoms with van der Waals surface area (Å²) in [5.41, 5.74) is 0.319. The van der Waals surface area contributed by atoms with Crippen molar-refractivity contribution in [2.75, 3.05) is 26.7 Å². The Morgan fingerprint density at radius 3 is 2.47 bits per heavy atom. The highest BCUT2D eigenvalue weighted by atomic mass is 32.2. The zero-order valence-electron chi connectivity index (χ0n) is 21.7. The average molecular weight is 559 g/mol. The van der Waals surface area contributed by atoms with Gasteiger partial charge in [0, 0.05) is 43.7 Å². The number of aromatic nitrogens is 1. The fourth-order valence-corrected chi connectivity index (χ4v) is 10.1. The first-order valence-electron chi connectivity index (χ1n) is 14.0. The second-order valence-corrected chi connectivity index (χ2v) is 14.5. The number of rotatable bonds is 8. The molecule has 0 radical (unpaired) electrons. The van der Waals surface area contributed by atoms with Crippen molar-refractivity contribution in [3.05, 3.63) is 17.5 Å². The van der Waals surface area contributed by atoms with E-state index in [0.29, 0.717) is 55.8 Å². The summed E-state index contributed by atoms with van der Waals surface area (Å²) in [5.74, 6) is 2.26. The van der Waals surface area contributed by atoms with E-state index in [2.05, 4.69) is 10.5 Å². The molecule has 1 amide bonds. The summed E-state index contributed by atoms with van der Waals surface area (Å²) in [7, 11) is -1.78. The summed E-state index contributed by atoms with van der Waals surface area (Å²) in [6.07, 6.45) is 1.39. The van der Waals surface area contributed by atoms with Crippen LogP contribution in [0.5, 0.6) is 0 Å². The van der Waals surface area contributed by atoms with Gasteiger partial charge in [-0.25, -0.2) is 12.7 Å². The molecule has 0 spiro atoms. The van der Waals surface area contributed by atoms with Crippen molar-refractivity contribution in [2.45, 2.75) is 87.2 Å². The molecule has 2 heterocycles. The highest BCUT2D eigenvalue weighted by molar-refractivity contribution is 7.89. The summed E-state index contributed by atoms with van der Waals surface area (Å²) in [5, 5.41) is 6.69. The molecule has 6 rings (SSSR count). The zero-order chi connectivity index (χ0) is 26.8. The molecule has 1 saturated heterocycles. The molecule has 1 aromatic heterocycles. The lowest BCUT2D eigenvalue weighted by Gasteiger charge is -2.50. The molecular weight excluding hydrogens is 521 g/mol. The number of hydrogen-bond donors (Lipinski definition) is 1. The topological polar surface area (TPSA) is 95.8 Å². The minimum absolute atomic E-state index is 0.0141. The molecule has 0 bridgehead atoms. The summed E-state index contributed by atoms with van der Waals surface area (Å²) < 4.78 is 72.1. The lowest BCUT2D eigenvalue weighted by atomic mass is 9.57. The second kappa shape index (κ2) is 9.76. The van der Waals surface area contributed by atoms with E-state index in [1.165, 1.54) is 0 Å². The average Bonchev–Trinajstić information content (AvgIpc) is 3.47. The van der Waals surface area contributed by atoms with E-state index in [9.17, 15) is 26.4 Å². The number of carbonyl (C=O) groups is 1. The van der Waals surface area contributed by atoms with E-state index in [1.54, 1.807) is 22.3 Å². The molecule has 8 nitrogen and oxygen atoms in total. The van der Waals surface area contributed by atoms with Gasteiger partial charge >= 0.3 is 6.18 Å². The van der Waals surface area contributed by atoms with Gasteiger partial charge in [-0.05, 0) is 82.1 Å². The first kappa shape index (κ1) is 26.6. The largest absolute Gasteiger partial charge is 0.390 e. The van der Waals surface area contributed by atoms with Crippen LogP contribution in [0.25, 0.3) is 0 Å². The summed E-state index contributed by atoms with van der Waals surface area (Å²) >= 11 is 0. The molecule has 4 saturated carbocycles. The van der Waals surface area contributed by atoms with E-state index < -0.39 is 22.6 Å². The first-order valence-corrected chi connectivity index (χ1v) is 15.5. The Kier molecular flexibility index (Phi) is 6.82. The van der Waals surface area contributed by atoms with Crippen molar-refractivity contribution in [1.29, 1.82) is 0 Å². The SMILES string of the molecule is CN(CCC(F)(F)F)C1CCN(S(=O)(=O)C2CC3C[C@@H](NC(=O)c4cc(C5CC5)on4)CC4CC2C43)CC1. The van der Waals surface area contributed by atoms with Gasteiger partial charge in [0.25, 0.3) is 5.91 Å². The zero-order valence-corrected chi connectivity index (χ0v) is 22.5. The van der Waals surface area contributed by atoms with E-state index >= 15 is 0 Å². The van der Waals surface area contributed by atoms with Crippen molar-refractivity contribution >= 4 is 15.9 Å². The van der Waals surface area contributed by atoms with Gasteiger partial charge in [-0.2, -0.15) is 13.2 Å². The van der Waals surface area contributed by atoms with Crippen molar-refractivity contribution in [3.63, 3.8) is 0 Å². The Labute approximate surface area is 221 Å². The van der Waals surface area contributed by atoms with Gasteiger partial charge in [0.15, 0.2) is 5.69 Å². The fourth-order valence-electron chi connectivity index (χ4n) is 7.81. The van der Waals surface area contributed by atoms with Gasteiger partial charge in [-0.15, -0.1) is 0 Å². The predicted octanol–water partition coefficient (Wildman–Crippen LogP) is 3.76. The van der Waals surface area contributed by atoms with Crippen LogP contribution < -0.4 is 5.32 Å². The highest BCUT2D eigenvalue weighted by Crippen LogP contribution is 2.61. The lowest BCUT2D eigenvalue weighted by Crippen LogP contribution is -2.52. The molecule has 38 heavy (non-hydrogen) atoms. The van der Waals surface area contributed by atoms with Crippen molar-refractivity contribution in [1.82, 2.24) is 19.7 Å². The number of piperidine rings is 1. The number of hydrogen-bond acceptors (Lipinski definition) is 6. The fraction of sp³-hybridized carbons (Fsp3) is 0.846. The Bertz CT molecular complexity index is 1150. The number of alkyl halides is 3. The standard InChI is InChI=1S/C26H37F3N4O4S/c1-32(9-6-26(27,28)29)19-4-7-33(8-5-19)38(35,36)23-13-17-11-18(10-16-12-20(23)24(16)17)30-25(34)21-14-22(37-31-21)15-2-3-15/h14-20,23-24H,2-13H2,1H3,(H,30,34)/t16?,17?,18-,20?,23?,24?/m0/s1. The number of sulfonamides is 1. The molecule has 1 aromatic rings. The third kappa shape index (κ3) is 5.12. The normalized spacial score (nSPS) is 34.2. The number of halogens is 3. The van der Waals surface area contributed by atoms with Crippen LogP contribution in [-0.2, 0) is 10.0 Å². The summed E-state index contributed by atoms with van der Waals surface area (Å²) in [4.78, 5) is 14.5. The third-order valence-electron chi connectivity index (χ3n) is 9.96. The van der Waals surface area contributed by atoms with Crippen LogP contribution in [0, 0.1) is 23.7 Å². The van der Waals surface area contributed by atoms with Crippen LogP contribution in [0.3, 0.4) is 0 Å². The van der Waals surface area contributed by atoms with Crippen molar-refractivity contribution < 1.29 is 30.9 Å². The third-order valence-corrected chi connectivity index (χ3v) is 12.4. The summed E-state index contributed by atoms with van der Waals surface area (Å²) in [6, 6.07) is 1.73. The van der Waals surface area contributed by atoms with Crippen molar-refractivity contribution in [3.8, 4) is 0 Å². The number of carbonyl (C=O) groups excluding carboxylic acids is 1. The van der Waals surface area contributed by atoms with Crippen LogP contribution in [0.4, 0.5) is 13.2 Å². The van der Waals surface area contributed by atoms with E-state index in [0.717, 1.165) is 37.9 Å². The van der Waals surface area contributed by atoms with Crippen LogP contribution in [0.1, 0.15) is 80.0 Å². The molecule has 0 aromatic carbocycles. The van der Waals surface area contributed by atoms with Gasteiger partial charge in [0.1, 0.15) is 5.76 Å². The van der Waals surface area contributed by atoms with Crippen molar-refractivity contribution in [2.24, 2.45) is 23.7 Å². The Hall–Kier alpha value is -1.66. The van der Waals surface area contributed by atoms with Gasteiger partial charge in [0.2, 0.25) is 10.0 Å². The second-order valence-electron chi connectivity index (χ2n) is 12.3. The Balaban J connectivity index is 1.03. The van der Waals surface area contributed by atoms with Crippen LogP contribution in [0.2, 0.25) is 0 Å². The Morgan fingerprint density at radius 1 is 1.13 bits per heavy atom. The molecule has 6 atom stereocenters. The van der Waals surface area contributed by atoms with E-state index in [4.69, 9.17) is 4.52 Å². The lowest BCUT2D eigenvalue weighted by molar-refractivity contribution is -0.138. The van der Waals surface area contributed by atoms with E-state index in [-0.39, 0.29) is 41.6 Å². The minimum Gasteiger partial charge on any atom is -0.360 e. The number of nitrogens with zero attached hydrogens (tertiary/aromatic N) is 3. The van der Waals surface area contributed by atoms with Gasteiger partial charge < -0.3 is 14.7 Å². The molecule has 212 valence electrons. The monoisotopic (exact) mass is 558 g/mol. The van der Waals surface area contributed by atoms with Gasteiger partial charge in [0.05, 0.1) is 11.7 Å². The maximum atomic E-state index is 13.7. The molecule has 4 aliphatic carbocycles. The molecule has 1 aliphatic heterocycles. The van der Waals surface area contributed by atoms with E-state index in [1.807, 2.05) is 0 Å². The quantitative estimate of drug-likeness (QED) is 0.522.